The van der Waals surface area contributed by atoms with Crippen LogP contribution in [-0.2, 0) is 20.4 Å². The molecule has 15 heavy (non-hydrogen) atoms. The highest BCUT2D eigenvalue weighted by molar-refractivity contribution is 7.85. The average Bonchev–Trinajstić information content (AvgIpc) is 2.49. The Morgan fingerprint density at radius 2 is 1.93 bits per heavy atom. The molecule has 0 aromatic rings. The Morgan fingerprint density at radius 3 is 2.47 bits per heavy atom. The van der Waals surface area contributed by atoms with E-state index in [1.807, 2.05) is 0 Å². The van der Waals surface area contributed by atoms with Gasteiger partial charge in [0.25, 0.3) is 0 Å². The maximum Gasteiger partial charge on any atom is 0.244 e. The van der Waals surface area contributed by atoms with Crippen LogP contribution in [0.4, 0.5) is 0 Å². The Hall–Kier alpha value is -0.750. The van der Waals surface area contributed by atoms with Crippen molar-refractivity contribution in [3.05, 3.63) is 0 Å². The van der Waals surface area contributed by atoms with Crippen LogP contribution in [0.3, 0.4) is 0 Å². The molecule has 84 valence electrons. The molecule has 2 amide bonds. The molecule has 0 aromatic carbocycles. The minimum Gasteiger partial charge on any atom is -0.303 e. The fourth-order valence-electron chi connectivity index (χ4n) is 1.93. The molecular weight excluding hydrogens is 216 g/mol. The molecule has 2 heterocycles. The Labute approximate surface area is 90.4 Å². The highest BCUT2D eigenvalue weighted by Gasteiger charge is 2.32. The highest BCUT2D eigenvalue weighted by atomic mass is 32.2. The van der Waals surface area contributed by atoms with Crippen molar-refractivity contribution in [2.75, 3.05) is 11.5 Å². The van der Waals surface area contributed by atoms with Crippen LogP contribution < -0.4 is 10.6 Å². The van der Waals surface area contributed by atoms with Crippen molar-refractivity contribution in [3.63, 3.8) is 0 Å². The summed E-state index contributed by atoms with van der Waals surface area (Å²) < 4.78 is 11.1. The number of carbonyl (C=O) groups is 2. The lowest BCUT2D eigenvalue weighted by Gasteiger charge is -2.24. The number of carbonyl (C=O) groups excluding carboxylic acids is 2. The quantitative estimate of drug-likeness (QED) is 0.591. The van der Waals surface area contributed by atoms with E-state index >= 15 is 0 Å². The van der Waals surface area contributed by atoms with Gasteiger partial charge in [0.15, 0.2) is 0 Å². The van der Waals surface area contributed by atoms with E-state index in [0.29, 0.717) is 11.5 Å². The fourth-order valence-corrected chi connectivity index (χ4v) is 3.23. The monoisotopic (exact) mass is 230 g/mol. The van der Waals surface area contributed by atoms with Crippen molar-refractivity contribution in [1.29, 1.82) is 0 Å². The van der Waals surface area contributed by atoms with Gasteiger partial charge in [0.1, 0.15) is 0 Å². The van der Waals surface area contributed by atoms with Crippen molar-refractivity contribution >= 4 is 22.6 Å². The van der Waals surface area contributed by atoms with Crippen LogP contribution in [0, 0.1) is 0 Å². The van der Waals surface area contributed by atoms with Gasteiger partial charge >= 0.3 is 0 Å². The van der Waals surface area contributed by atoms with Gasteiger partial charge in [-0.15, -0.1) is 0 Å². The van der Waals surface area contributed by atoms with Gasteiger partial charge in [0.2, 0.25) is 11.8 Å². The van der Waals surface area contributed by atoms with Crippen LogP contribution in [0.15, 0.2) is 0 Å². The van der Waals surface area contributed by atoms with Crippen molar-refractivity contribution < 1.29 is 13.8 Å². The first-order valence-corrected chi connectivity index (χ1v) is 6.58. The van der Waals surface area contributed by atoms with Gasteiger partial charge < -0.3 is 5.32 Å². The lowest BCUT2D eigenvalue weighted by atomic mass is 10.1. The van der Waals surface area contributed by atoms with Crippen LogP contribution in [0.25, 0.3) is 0 Å². The van der Waals surface area contributed by atoms with E-state index < -0.39 is 10.8 Å². The van der Waals surface area contributed by atoms with Gasteiger partial charge in [-0.2, -0.15) is 0 Å². The van der Waals surface area contributed by atoms with Crippen LogP contribution in [0.1, 0.15) is 19.3 Å². The van der Waals surface area contributed by atoms with Crippen molar-refractivity contribution in [3.8, 4) is 0 Å². The van der Waals surface area contributed by atoms with E-state index in [-0.39, 0.29) is 30.3 Å². The summed E-state index contributed by atoms with van der Waals surface area (Å²) in [6.45, 7) is 0. The number of rotatable bonds is 2. The molecule has 1 unspecified atom stereocenters. The second kappa shape index (κ2) is 4.40. The molecule has 2 aliphatic rings. The van der Waals surface area contributed by atoms with E-state index in [1.165, 1.54) is 0 Å². The summed E-state index contributed by atoms with van der Waals surface area (Å²) in [5, 5.41) is 5.42. The predicted molar refractivity (Wildman–Crippen MR) is 55.6 cm³/mol. The van der Waals surface area contributed by atoms with Gasteiger partial charge in [-0.1, -0.05) is 0 Å². The van der Waals surface area contributed by atoms with E-state index in [1.54, 1.807) is 0 Å². The fraction of sp³-hybridized carbons (Fsp3) is 0.778. The van der Waals surface area contributed by atoms with E-state index in [9.17, 15) is 13.8 Å². The molecule has 0 spiro atoms. The summed E-state index contributed by atoms with van der Waals surface area (Å²) >= 11 is 0. The molecule has 0 bridgehead atoms. The topological polar surface area (TPSA) is 75.3 Å². The zero-order chi connectivity index (χ0) is 10.8. The first-order chi connectivity index (χ1) is 7.15. The van der Waals surface area contributed by atoms with Crippen molar-refractivity contribution in [1.82, 2.24) is 10.6 Å². The van der Waals surface area contributed by atoms with Crippen LogP contribution in [0.2, 0.25) is 0 Å². The summed E-state index contributed by atoms with van der Waals surface area (Å²) in [4.78, 5) is 22.2. The maximum atomic E-state index is 11.3. The third-order valence-corrected chi connectivity index (χ3v) is 4.18. The van der Waals surface area contributed by atoms with Gasteiger partial charge in [-0.25, -0.2) is 0 Å². The third kappa shape index (κ3) is 2.63. The minimum absolute atomic E-state index is 0.211. The van der Waals surface area contributed by atoms with Crippen molar-refractivity contribution in [2.45, 2.75) is 31.3 Å². The third-order valence-electron chi connectivity index (χ3n) is 2.79. The molecule has 2 rings (SSSR count). The molecule has 0 aliphatic carbocycles. The summed E-state index contributed by atoms with van der Waals surface area (Å²) in [6, 6.07) is -0.154. The van der Waals surface area contributed by atoms with Gasteiger partial charge in [-0.05, 0) is 12.8 Å². The molecule has 5 nitrogen and oxygen atoms in total. The standard InChI is InChI=1S/C9H14N2O3S/c12-8-5-7(9(13)11-8)10-6-1-3-15(14)4-2-6/h6-7,10H,1-5H2,(H,11,12,13). The first-order valence-electron chi connectivity index (χ1n) is 5.10. The number of amides is 2. The largest absolute Gasteiger partial charge is 0.303 e. The Morgan fingerprint density at radius 1 is 1.27 bits per heavy atom. The minimum atomic E-state index is -0.687. The molecule has 2 saturated heterocycles. The number of hydrogen-bond acceptors (Lipinski definition) is 4. The van der Waals surface area contributed by atoms with Gasteiger partial charge in [0.05, 0.1) is 12.5 Å². The van der Waals surface area contributed by atoms with Gasteiger partial charge in [0, 0.05) is 28.3 Å². The predicted octanol–water partition coefficient (Wildman–Crippen LogP) is -1.10. The number of imide groups is 1. The normalized spacial score (nSPS) is 36.7. The SMILES string of the molecule is O=C1CC(NC2CCS(=O)CC2)C(=O)N1. The number of hydrogen-bond donors (Lipinski definition) is 2. The van der Waals surface area contributed by atoms with E-state index in [4.69, 9.17) is 0 Å². The summed E-state index contributed by atoms with van der Waals surface area (Å²) in [6.07, 6.45) is 1.88. The lowest BCUT2D eigenvalue weighted by molar-refractivity contribution is -0.125. The van der Waals surface area contributed by atoms with Crippen LogP contribution in [-0.4, -0.2) is 39.6 Å². The molecule has 2 fully saturated rings. The maximum absolute atomic E-state index is 11.3. The summed E-state index contributed by atoms with van der Waals surface area (Å²) in [5.41, 5.74) is 0. The molecule has 2 N–H and O–H groups in total. The highest BCUT2D eigenvalue weighted by Crippen LogP contribution is 2.12. The van der Waals surface area contributed by atoms with Crippen molar-refractivity contribution in [2.24, 2.45) is 0 Å². The molecule has 0 saturated carbocycles. The summed E-state index contributed by atoms with van der Waals surface area (Å²) in [5.74, 6) is 0.948. The lowest BCUT2D eigenvalue weighted by Crippen LogP contribution is -2.45. The smallest absolute Gasteiger partial charge is 0.244 e. The number of nitrogens with one attached hydrogen (secondary N) is 2. The second-order valence-corrected chi connectivity index (χ2v) is 5.65. The zero-order valence-corrected chi connectivity index (χ0v) is 9.14. The Kier molecular flexibility index (Phi) is 3.16. The van der Waals surface area contributed by atoms with Crippen LogP contribution >= 0.6 is 0 Å². The second-order valence-electron chi connectivity index (χ2n) is 3.96. The molecule has 2 aliphatic heterocycles. The average molecular weight is 230 g/mol. The van der Waals surface area contributed by atoms with E-state index in [0.717, 1.165) is 12.8 Å². The van der Waals surface area contributed by atoms with Gasteiger partial charge in [-0.3, -0.25) is 19.1 Å². The van der Waals surface area contributed by atoms with E-state index in [2.05, 4.69) is 10.6 Å². The molecular formula is C9H14N2O3S. The zero-order valence-electron chi connectivity index (χ0n) is 8.32. The molecule has 0 radical (unpaired) electrons. The molecule has 1 atom stereocenters. The Bertz CT molecular complexity index is 308. The Balaban J connectivity index is 1.84. The summed E-state index contributed by atoms with van der Waals surface area (Å²) in [7, 11) is -0.687. The first kappa shape index (κ1) is 10.8. The molecule has 6 heteroatoms. The molecule has 0 aromatic heterocycles. The van der Waals surface area contributed by atoms with Crippen LogP contribution in [0.5, 0.6) is 0 Å².